The highest BCUT2D eigenvalue weighted by Gasteiger charge is 2.32. The molecule has 0 aliphatic heterocycles. The van der Waals surface area contributed by atoms with Gasteiger partial charge in [0.1, 0.15) is 18.1 Å². The quantitative estimate of drug-likeness (QED) is 0.373. The summed E-state index contributed by atoms with van der Waals surface area (Å²) < 4.78 is 83.7. The summed E-state index contributed by atoms with van der Waals surface area (Å²) in [7, 11) is 0. The number of aromatic nitrogens is 2. The number of aliphatic carboxylic acids is 1. The molecule has 0 aliphatic carbocycles. The van der Waals surface area contributed by atoms with Crippen LogP contribution in [0.2, 0.25) is 0 Å². The Labute approximate surface area is 187 Å². The number of para-hydroxylation sites is 2. The van der Waals surface area contributed by atoms with Crippen molar-refractivity contribution in [1.82, 2.24) is 9.97 Å². The number of nitrogens with zero attached hydrogens (tertiary/aromatic N) is 2. The fourth-order valence-electron chi connectivity index (χ4n) is 2.67. The van der Waals surface area contributed by atoms with E-state index in [4.69, 9.17) is 5.11 Å². The molecule has 34 heavy (non-hydrogen) atoms. The van der Waals surface area contributed by atoms with Crippen LogP contribution < -0.4 is 20.1 Å². The number of carboxylic acids is 1. The van der Waals surface area contributed by atoms with Gasteiger partial charge in [-0.2, -0.15) is 4.98 Å². The van der Waals surface area contributed by atoms with E-state index >= 15 is 0 Å². The molecule has 3 N–H and O–H groups in total. The van der Waals surface area contributed by atoms with Crippen LogP contribution in [0.1, 0.15) is 0 Å². The van der Waals surface area contributed by atoms with Crippen LogP contribution in [-0.4, -0.2) is 40.3 Å². The zero-order chi connectivity index (χ0) is 24.9. The van der Waals surface area contributed by atoms with Crippen LogP contribution in [-0.2, 0) is 4.79 Å². The zero-order valence-corrected chi connectivity index (χ0v) is 16.7. The molecule has 1 heterocycles. The van der Waals surface area contributed by atoms with E-state index in [0.717, 1.165) is 18.2 Å². The summed E-state index contributed by atoms with van der Waals surface area (Å²) in [6.45, 7) is -0.603. The molecule has 1 aromatic heterocycles. The van der Waals surface area contributed by atoms with E-state index in [1.165, 1.54) is 36.4 Å². The number of benzene rings is 2. The van der Waals surface area contributed by atoms with E-state index in [1.807, 2.05) is 0 Å². The maximum atomic E-state index is 12.7. The minimum Gasteiger partial charge on any atom is -0.480 e. The number of hydrogen-bond donors (Lipinski definition) is 3. The van der Waals surface area contributed by atoms with E-state index in [2.05, 4.69) is 30.1 Å². The van der Waals surface area contributed by atoms with Gasteiger partial charge in [-0.3, -0.25) is 4.79 Å². The van der Waals surface area contributed by atoms with E-state index < -0.39 is 36.7 Å². The van der Waals surface area contributed by atoms with E-state index in [-0.39, 0.29) is 28.7 Å². The molecular weight excluding hydrogens is 474 g/mol. The van der Waals surface area contributed by atoms with Crippen LogP contribution in [0.4, 0.5) is 43.8 Å². The van der Waals surface area contributed by atoms with Crippen molar-refractivity contribution in [3.8, 4) is 22.8 Å². The summed E-state index contributed by atoms with van der Waals surface area (Å²) in [6.07, 6.45) is -9.91. The summed E-state index contributed by atoms with van der Waals surface area (Å²) in [5.41, 5.74) is 0.0143. The molecule has 2 aromatic carbocycles. The first-order chi connectivity index (χ1) is 15.9. The Balaban J connectivity index is 2.00. The molecule has 0 saturated carbocycles. The molecule has 14 heteroatoms. The molecule has 0 aliphatic rings. The summed E-state index contributed by atoms with van der Waals surface area (Å²) in [4.78, 5) is 18.9. The van der Waals surface area contributed by atoms with Gasteiger partial charge in [0.15, 0.2) is 5.75 Å². The van der Waals surface area contributed by atoms with Crippen molar-refractivity contribution in [3.05, 3.63) is 54.6 Å². The second-order valence-electron chi connectivity index (χ2n) is 6.45. The van der Waals surface area contributed by atoms with Crippen LogP contribution in [0.3, 0.4) is 0 Å². The summed E-state index contributed by atoms with van der Waals surface area (Å²) in [5.74, 6) is -2.72. The Hall–Kier alpha value is -4.23. The Morgan fingerprint density at radius 2 is 1.62 bits per heavy atom. The number of halogens is 6. The normalized spacial score (nSPS) is 11.6. The van der Waals surface area contributed by atoms with Crippen molar-refractivity contribution in [2.24, 2.45) is 0 Å². The lowest BCUT2D eigenvalue weighted by atomic mass is 10.1. The van der Waals surface area contributed by atoms with Crippen molar-refractivity contribution in [1.29, 1.82) is 0 Å². The molecular formula is C20H14F6N4O4. The maximum absolute atomic E-state index is 12.7. The molecule has 0 saturated heterocycles. The first-order valence-corrected chi connectivity index (χ1v) is 9.21. The number of carbonyl (C=O) groups is 1. The Kier molecular flexibility index (Phi) is 6.98. The summed E-state index contributed by atoms with van der Waals surface area (Å²) in [5, 5.41) is 13.9. The van der Waals surface area contributed by atoms with Crippen molar-refractivity contribution in [2.45, 2.75) is 12.7 Å². The molecule has 3 aromatic rings. The van der Waals surface area contributed by atoms with Gasteiger partial charge in [-0.05, 0) is 24.3 Å². The van der Waals surface area contributed by atoms with Crippen LogP contribution in [0.15, 0.2) is 54.6 Å². The van der Waals surface area contributed by atoms with Gasteiger partial charge in [0.05, 0.1) is 11.4 Å². The lowest BCUT2D eigenvalue weighted by molar-refractivity contribution is -0.275. The fourth-order valence-corrected chi connectivity index (χ4v) is 2.67. The van der Waals surface area contributed by atoms with Gasteiger partial charge < -0.3 is 25.2 Å². The Bertz CT molecular complexity index is 1170. The van der Waals surface area contributed by atoms with E-state index in [1.54, 1.807) is 0 Å². The molecule has 0 bridgehead atoms. The highest BCUT2D eigenvalue weighted by atomic mass is 19.4. The topological polar surface area (TPSA) is 106 Å². The molecule has 8 nitrogen and oxygen atoms in total. The molecule has 180 valence electrons. The van der Waals surface area contributed by atoms with Crippen molar-refractivity contribution >= 4 is 23.4 Å². The second kappa shape index (κ2) is 9.72. The van der Waals surface area contributed by atoms with Crippen molar-refractivity contribution in [3.63, 3.8) is 0 Å². The standard InChI is InChI=1S/C20H14F6N4O4/c21-19(22,23)33-12-5-3-4-11(8-12)14-9-16(30-18(29-14)27-10-17(31)32)28-13-6-1-2-7-15(13)34-20(24,25)26/h1-9H,10H2,(H,31,32)(H2,27,28,29,30). The third-order valence-corrected chi connectivity index (χ3v) is 3.86. The van der Waals surface area contributed by atoms with E-state index in [9.17, 15) is 31.1 Å². The van der Waals surface area contributed by atoms with Crippen LogP contribution >= 0.6 is 0 Å². The monoisotopic (exact) mass is 488 g/mol. The molecule has 0 amide bonds. The summed E-state index contributed by atoms with van der Waals surface area (Å²) >= 11 is 0. The van der Waals surface area contributed by atoms with Crippen LogP contribution in [0.25, 0.3) is 11.3 Å². The highest BCUT2D eigenvalue weighted by molar-refractivity contribution is 5.73. The lowest BCUT2D eigenvalue weighted by Gasteiger charge is -2.15. The fraction of sp³-hybridized carbons (Fsp3) is 0.150. The van der Waals surface area contributed by atoms with Gasteiger partial charge in [0.25, 0.3) is 0 Å². The van der Waals surface area contributed by atoms with Gasteiger partial charge in [0, 0.05) is 11.6 Å². The molecule has 0 atom stereocenters. The Morgan fingerprint density at radius 1 is 0.912 bits per heavy atom. The molecule has 0 radical (unpaired) electrons. The first kappa shape index (κ1) is 24.4. The average molecular weight is 488 g/mol. The minimum atomic E-state index is -4.97. The molecule has 0 spiro atoms. The zero-order valence-electron chi connectivity index (χ0n) is 16.7. The largest absolute Gasteiger partial charge is 0.573 e. The summed E-state index contributed by atoms with van der Waals surface area (Å²) in [6, 6.07) is 11.1. The smallest absolute Gasteiger partial charge is 0.480 e. The molecule has 0 unspecified atom stereocenters. The second-order valence-corrected chi connectivity index (χ2v) is 6.45. The molecule has 0 fully saturated rings. The minimum absolute atomic E-state index is 0.0206. The first-order valence-electron chi connectivity index (χ1n) is 9.21. The van der Waals surface area contributed by atoms with Gasteiger partial charge >= 0.3 is 18.7 Å². The van der Waals surface area contributed by atoms with Gasteiger partial charge in [0.2, 0.25) is 5.95 Å². The number of hydrogen-bond acceptors (Lipinski definition) is 7. The number of anilines is 3. The lowest BCUT2D eigenvalue weighted by Crippen LogP contribution is -2.18. The predicted octanol–water partition coefficient (Wildman–Crippen LogP) is 5.18. The van der Waals surface area contributed by atoms with E-state index in [0.29, 0.717) is 0 Å². The third-order valence-electron chi connectivity index (χ3n) is 3.86. The number of alkyl halides is 6. The predicted molar refractivity (Wildman–Crippen MR) is 107 cm³/mol. The SMILES string of the molecule is O=C(O)CNc1nc(Nc2ccccc2OC(F)(F)F)cc(-c2cccc(OC(F)(F)F)c2)n1. The average Bonchev–Trinajstić information content (AvgIpc) is 2.71. The number of nitrogens with one attached hydrogen (secondary N) is 2. The van der Waals surface area contributed by atoms with Crippen LogP contribution in [0.5, 0.6) is 11.5 Å². The van der Waals surface area contributed by atoms with Crippen molar-refractivity contribution < 1.29 is 45.7 Å². The van der Waals surface area contributed by atoms with Gasteiger partial charge in [-0.1, -0.05) is 24.3 Å². The highest BCUT2D eigenvalue weighted by Crippen LogP contribution is 2.33. The number of carboxylic acid groups (broad SMARTS) is 1. The van der Waals surface area contributed by atoms with Gasteiger partial charge in [-0.25, -0.2) is 4.98 Å². The third kappa shape index (κ3) is 7.43. The number of rotatable bonds is 8. The van der Waals surface area contributed by atoms with Gasteiger partial charge in [-0.15, -0.1) is 26.3 Å². The molecule has 3 rings (SSSR count). The van der Waals surface area contributed by atoms with Crippen LogP contribution in [0, 0.1) is 0 Å². The Morgan fingerprint density at radius 3 is 2.29 bits per heavy atom. The van der Waals surface area contributed by atoms with Crippen molar-refractivity contribution in [2.75, 3.05) is 17.2 Å². The number of ether oxygens (including phenoxy) is 2. The maximum Gasteiger partial charge on any atom is 0.573 e.